The van der Waals surface area contributed by atoms with Gasteiger partial charge in [-0.3, -0.25) is 4.79 Å². The van der Waals surface area contributed by atoms with E-state index in [9.17, 15) is 22.8 Å². The first-order chi connectivity index (χ1) is 11.6. The lowest BCUT2D eigenvalue weighted by Gasteiger charge is -2.40. The van der Waals surface area contributed by atoms with Crippen LogP contribution in [0.15, 0.2) is 13.6 Å². The highest BCUT2D eigenvalue weighted by atomic mass is 79.9. The number of halogens is 2. The number of nitrogens with zero attached hydrogens (tertiary/aromatic N) is 1. The van der Waals surface area contributed by atoms with E-state index in [2.05, 4.69) is 20.3 Å². The number of β-lactam (4-membered cyclic amide) rings is 1. The van der Waals surface area contributed by atoms with Crippen molar-refractivity contribution in [3.8, 4) is 0 Å². The van der Waals surface area contributed by atoms with Crippen LogP contribution in [0.2, 0.25) is 0 Å². The molecule has 25 heavy (non-hydrogen) atoms. The van der Waals surface area contributed by atoms with Gasteiger partial charge in [-0.15, -0.1) is 11.6 Å². The second kappa shape index (κ2) is 5.85. The van der Waals surface area contributed by atoms with Gasteiger partial charge in [0, 0.05) is 5.88 Å². The Hall–Kier alpha value is -1.33. The maximum Gasteiger partial charge on any atom is 0.519 e. The van der Waals surface area contributed by atoms with E-state index in [4.69, 9.17) is 20.8 Å². The first kappa shape index (κ1) is 18.5. The van der Waals surface area contributed by atoms with Gasteiger partial charge in [0.2, 0.25) is 5.91 Å². The molecule has 138 valence electrons. The molecule has 0 N–H and O–H groups in total. The van der Waals surface area contributed by atoms with Crippen LogP contribution >= 0.6 is 27.5 Å². The van der Waals surface area contributed by atoms with E-state index < -0.39 is 61.0 Å². The molecular formula is C13H13BrClNO8S. The van der Waals surface area contributed by atoms with Gasteiger partial charge in [-0.1, -0.05) is 15.9 Å². The van der Waals surface area contributed by atoms with E-state index in [0.29, 0.717) is 0 Å². The lowest BCUT2D eigenvalue weighted by Crippen LogP contribution is -2.64. The van der Waals surface area contributed by atoms with Gasteiger partial charge in [-0.05, 0) is 13.8 Å². The molecule has 0 aliphatic carbocycles. The van der Waals surface area contributed by atoms with Crippen molar-refractivity contribution < 1.29 is 31.6 Å². The van der Waals surface area contributed by atoms with Crippen molar-refractivity contribution in [2.45, 2.75) is 41.4 Å². The average molecular weight is 459 g/mol. The van der Waals surface area contributed by atoms with Crippen molar-refractivity contribution in [3.63, 3.8) is 0 Å². The normalized spacial score (nSPS) is 33.0. The topological polar surface area (TPSA) is 124 Å². The van der Waals surface area contributed by atoms with E-state index in [-0.39, 0.29) is 11.5 Å². The van der Waals surface area contributed by atoms with Crippen LogP contribution < -0.4 is 5.82 Å². The van der Waals surface area contributed by atoms with Crippen LogP contribution in [0.5, 0.6) is 0 Å². The van der Waals surface area contributed by atoms with Gasteiger partial charge in [-0.25, -0.2) is 18.0 Å². The number of rotatable bonds is 4. The quantitative estimate of drug-likeness (QED) is 0.359. The molecule has 2 fully saturated rings. The second-order valence-electron chi connectivity index (χ2n) is 5.97. The van der Waals surface area contributed by atoms with Gasteiger partial charge < -0.3 is 18.5 Å². The van der Waals surface area contributed by atoms with Crippen molar-refractivity contribution >= 4 is 49.2 Å². The van der Waals surface area contributed by atoms with Crippen molar-refractivity contribution in [1.82, 2.24) is 4.90 Å². The summed E-state index contributed by atoms with van der Waals surface area (Å²) in [5.41, 5.74) is 0. The zero-order valence-electron chi connectivity index (χ0n) is 13.0. The molecule has 0 bridgehead atoms. The van der Waals surface area contributed by atoms with E-state index in [1.165, 1.54) is 13.8 Å². The minimum Gasteiger partial charge on any atom is -0.456 e. The third-order valence-electron chi connectivity index (χ3n) is 4.51. The molecule has 2 saturated heterocycles. The summed E-state index contributed by atoms with van der Waals surface area (Å²) in [6, 6.07) is -1.39. The summed E-state index contributed by atoms with van der Waals surface area (Å²) in [5, 5.41) is -1.17. The van der Waals surface area contributed by atoms with Crippen LogP contribution in [-0.2, 0) is 30.8 Å². The molecule has 0 radical (unpaired) electrons. The Morgan fingerprint density at radius 2 is 2.04 bits per heavy atom. The molecule has 2 aliphatic heterocycles. The monoisotopic (exact) mass is 457 g/mol. The molecular weight excluding hydrogens is 446 g/mol. The lowest BCUT2D eigenvalue weighted by molar-refractivity contribution is -0.161. The van der Waals surface area contributed by atoms with E-state index >= 15 is 0 Å². The van der Waals surface area contributed by atoms with E-state index in [0.717, 1.165) is 4.90 Å². The molecule has 12 heteroatoms. The average Bonchev–Trinajstić information content (AvgIpc) is 2.95. The SMILES string of the molecule is Cc1oc(=O)oc1COC(=O)[C@@H]1N2C(=O)[C@H](Br)[C@H]2S(=O)(=O)[C@@]1(C)CCl. The minimum absolute atomic E-state index is 0.00312. The van der Waals surface area contributed by atoms with Crippen LogP contribution in [0.4, 0.5) is 0 Å². The molecule has 0 unspecified atom stereocenters. The Kier molecular flexibility index (Phi) is 4.32. The smallest absolute Gasteiger partial charge is 0.456 e. The van der Waals surface area contributed by atoms with Gasteiger partial charge in [-0.2, -0.15) is 0 Å². The molecule has 0 saturated carbocycles. The summed E-state index contributed by atoms with van der Waals surface area (Å²) >= 11 is 8.88. The van der Waals surface area contributed by atoms with Gasteiger partial charge in [0.25, 0.3) is 0 Å². The molecule has 0 spiro atoms. The Morgan fingerprint density at radius 3 is 2.56 bits per heavy atom. The molecule has 3 heterocycles. The number of esters is 1. The number of sulfone groups is 1. The van der Waals surface area contributed by atoms with Crippen LogP contribution in [0.3, 0.4) is 0 Å². The lowest BCUT2D eigenvalue weighted by atomic mass is 9.98. The van der Waals surface area contributed by atoms with Crippen LogP contribution in [0, 0.1) is 6.92 Å². The summed E-state index contributed by atoms with van der Waals surface area (Å²) in [6.07, 6.45) is 0. The Morgan fingerprint density at radius 1 is 1.40 bits per heavy atom. The second-order valence-corrected chi connectivity index (χ2v) is 9.73. The number of hydrogen-bond acceptors (Lipinski definition) is 8. The molecule has 1 aromatic heterocycles. The maximum absolute atomic E-state index is 12.7. The van der Waals surface area contributed by atoms with E-state index in [1.54, 1.807) is 0 Å². The number of carbonyl (C=O) groups is 2. The molecule has 4 atom stereocenters. The number of aryl methyl sites for hydroxylation is 1. The summed E-state index contributed by atoms with van der Waals surface area (Å²) in [7, 11) is -3.91. The number of amides is 1. The van der Waals surface area contributed by atoms with Crippen LogP contribution in [0.1, 0.15) is 18.4 Å². The first-order valence-corrected chi connectivity index (χ1v) is 10.1. The predicted molar refractivity (Wildman–Crippen MR) is 87.0 cm³/mol. The number of hydrogen-bond donors (Lipinski definition) is 0. The van der Waals surface area contributed by atoms with Crippen LogP contribution in [0.25, 0.3) is 0 Å². The van der Waals surface area contributed by atoms with Crippen LogP contribution in [-0.4, -0.2) is 52.1 Å². The highest BCUT2D eigenvalue weighted by Crippen LogP contribution is 2.49. The fraction of sp³-hybridized carbons (Fsp3) is 0.615. The Bertz CT molecular complexity index is 907. The predicted octanol–water partition coefficient (Wildman–Crippen LogP) is 0.311. The maximum atomic E-state index is 12.7. The first-order valence-electron chi connectivity index (χ1n) is 7.08. The van der Waals surface area contributed by atoms with Gasteiger partial charge in [0.1, 0.15) is 9.57 Å². The van der Waals surface area contributed by atoms with Gasteiger partial charge in [0.05, 0.1) is 0 Å². The number of carbonyl (C=O) groups excluding carboxylic acids is 2. The molecule has 1 amide bonds. The van der Waals surface area contributed by atoms with E-state index in [1.807, 2.05) is 0 Å². The largest absolute Gasteiger partial charge is 0.519 e. The van der Waals surface area contributed by atoms with Gasteiger partial charge >= 0.3 is 11.8 Å². The zero-order chi connectivity index (χ0) is 18.7. The number of alkyl halides is 2. The molecule has 1 aromatic rings. The van der Waals surface area contributed by atoms with Crippen molar-refractivity contribution in [3.05, 3.63) is 22.1 Å². The van der Waals surface area contributed by atoms with Crippen molar-refractivity contribution in [1.29, 1.82) is 0 Å². The van der Waals surface area contributed by atoms with Crippen molar-refractivity contribution in [2.75, 3.05) is 5.88 Å². The Balaban J connectivity index is 1.89. The standard InChI is InChI=1S/C13H13BrClNO8S/c1-5-6(24-12(19)23-5)3-22-11(18)8-13(2,4-15)25(20,21)10-7(14)9(17)16(8)10/h7-8,10H,3-4H2,1-2H3/t7-,8-,10+,13-/m0/s1. The highest BCUT2D eigenvalue weighted by molar-refractivity contribution is 9.10. The third-order valence-corrected chi connectivity index (χ3v) is 9.27. The molecule has 3 rings (SSSR count). The Labute approximate surface area is 155 Å². The van der Waals surface area contributed by atoms with Gasteiger partial charge in [0.15, 0.2) is 39.4 Å². The summed E-state index contributed by atoms with van der Waals surface area (Å²) in [4.78, 5) is 35.7. The van der Waals surface area contributed by atoms with Crippen molar-refractivity contribution in [2.24, 2.45) is 0 Å². The number of fused-ring (bicyclic) bond motifs is 1. The molecule has 0 aromatic carbocycles. The third kappa shape index (κ3) is 2.39. The highest BCUT2D eigenvalue weighted by Gasteiger charge is 2.73. The molecule has 9 nitrogen and oxygen atoms in total. The zero-order valence-corrected chi connectivity index (χ0v) is 16.2. The minimum atomic E-state index is -3.91. The fourth-order valence-electron chi connectivity index (χ4n) is 2.99. The number of ether oxygens (including phenoxy) is 1. The summed E-state index contributed by atoms with van der Waals surface area (Å²) < 4.78 is 38.2. The summed E-state index contributed by atoms with van der Waals surface area (Å²) in [5.74, 6) is -2.69. The molecule has 2 aliphatic rings. The summed E-state index contributed by atoms with van der Waals surface area (Å²) in [6.45, 7) is 2.31. The fourth-order valence-corrected chi connectivity index (χ4v) is 7.12.